The molecule has 1 saturated heterocycles. The zero-order valence-electron chi connectivity index (χ0n) is 20.3. The molecule has 9 heteroatoms. The van der Waals surface area contributed by atoms with E-state index in [1.54, 1.807) is 18.2 Å². The predicted molar refractivity (Wildman–Crippen MR) is 139 cm³/mol. The average Bonchev–Trinajstić information content (AvgIpc) is 2.89. The lowest BCUT2D eigenvalue weighted by molar-refractivity contribution is -0.117. The van der Waals surface area contributed by atoms with Gasteiger partial charge in [-0.05, 0) is 31.2 Å². The second kappa shape index (κ2) is 10.8. The zero-order chi connectivity index (χ0) is 25.1. The smallest absolute Gasteiger partial charge is 0.255 e. The van der Waals surface area contributed by atoms with Gasteiger partial charge >= 0.3 is 0 Å². The maximum atomic E-state index is 13.7. The first-order valence-electron chi connectivity index (χ1n) is 12.3. The molecule has 2 aliphatic rings. The fraction of sp³-hybridized carbons (Fsp3) is 0.370. The van der Waals surface area contributed by atoms with Gasteiger partial charge in [0.25, 0.3) is 5.91 Å². The number of halogens is 1. The molecule has 0 atom stereocenters. The summed E-state index contributed by atoms with van der Waals surface area (Å²) in [6, 6.07) is 12.9. The summed E-state index contributed by atoms with van der Waals surface area (Å²) in [7, 11) is 0. The first-order valence-corrected chi connectivity index (χ1v) is 12.6. The van der Waals surface area contributed by atoms with Crippen molar-refractivity contribution in [1.29, 1.82) is 0 Å². The Morgan fingerprint density at radius 3 is 2.75 bits per heavy atom. The van der Waals surface area contributed by atoms with E-state index in [4.69, 9.17) is 26.1 Å². The number of benzene rings is 2. The monoisotopic (exact) mass is 508 g/mol. The van der Waals surface area contributed by atoms with E-state index in [2.05, 4.69) is 10.2 Å². The number of hydrogen-bond acceptors (Lipinski definition) is 6. The molecular formula is C27H29ClN4O4. The maximum Gasteiger partial charge on any atom is 0.255 e. The third-order valence-electron chi connectivity index (χ3n) is 6.52. The normalized spacial score (nSPS) is 16.0. The number of pyridine rings is 1. The number of morpholine rings is 1. The number of anilines is 1. The van der Waals surface area contributed by atoms with Crippen molar-refractivity contribution in [3.63, 3.8) is 0 Å². The van der Waals surface area contributed by atoms with E-state index >= 15 is 0 Å². The molecule has 3 heterocycles. The highest BCUT2D eigenvalue weighted by Gasteiger charge is 2.29. The van der Waals surface area contributed by atoms with Gasteiger partial charge in [0.1, 0.15) is 5.75 Å². The largest absolute Gasteiger partial charge is 0.492 e. The van der Waals surface area contributed by atoms with Gasteiger partial charge in [-0.25, -0.2) is 0 Å². The lowest BCUT2D eigenvalue weighted by atomic mass is 9.94. The molecule has 0 aliphatic carbocycles. The summed E-state index contributed by atoms with van der Waals surface area (Å²) in [4.78, 5) is 35.5. The molecule has 1 fully saturated rings. The number of hydrogen-bond donors (Lipinski definition) is 1. The lowest BCUT2D eigenvalue weighted by Gasteiger charge is -2.32. The first-order chi connectivity index (χ1) is 17.5. The fourth-order valence-corrected chi connectivity index (χ4v) is 5.00. The molecule has 2 aromatic carbocycles. The van der Waals surface area contributed by atoms with Crippen LogP contribution >= 0.6 is 11.6 Å². The number of rotatable bonds is 6. The SMILES string of the molecule is CCOc1ccc(Cl)cc1NC(=O)CN1CCc2nc3ccccc3c(C(=O)N3CCOCC3)c2C1. The van der Waals surface area contributed by atoms with Crippen LogP contribution in [0.4, 0.5) is 5.69 Å². The van der Waals surface area contributed by atoms with E-state index < -0.39 is 0 Å². The Morgan fingerprint density at radius 2 is 1.94 bits per heavy atom. The van der Waals surface area contributed by atoms with E-state index in [0.29, 0.717) is 74.4 Å². The van der Waals surface area contributed by atoms with E-state index in [-0.39, 0.29) is 18.4 Å². The molecule has 0 saturated carbocycles. The maximum absolute atomic E-state index is 13.7. The molecule has 2 aliphatic heterocycles. The Bertz CT molecular complexity index is 1290. The topological polar surface area (TPSA) is 84.0 Å². The molecule has 5 rings (SSSR count). The first kappa shape index (κ1) is 24.5. The van der Waals surface area contributed by atoms with Gasteiger partial charge < -0.3 is 19.7 Å². The highest BCUT2D eigenvalue weighted by atomic mass is 35.5. The predicted octanol–water partition coefficient (Wildman–Crippen LogP) is 3.76. The van der Waals surface area contributed by atoms with Crippen molar-refractivity contribution >= 4 is 40.0 Å². The third-order valence-corrected chi connectivity index (χ3v) is 6.76. The quantitative estimate of drug-likeness (QED) is 0.546. The number of aromatic nitrogens is 1. The molecule has 36 heavy (non-hydrogen) atoms. The van der Waals surface area contributed by atoms with Crippen molar-refractivity contribution in [2.45, 2.75) is 19.9 Å². The molecule has 3 aromatic rings. The van der Waals surface area contributed by atoms with Gasteiger partial charge in [0.05, 0.1) is 43.1 Å². The molecule has 1 N–H and O–H groups in total. The van der Waals surface area contributed by atoms with E-state index in [1.165, 1.54) is 0 Å². The Morgan fingerprint density at radius 1 is 1.14 bits per heavy atom. The summed E-state index contributed by atoms with van der Waals surface area (Å²) >= 11 is 6.14. The molecule has 188 valence electrons. The number of carbonyl (C=O) groups is 2. The van der Waals surface area contributed by atoms with Gasteiger partial charge in [0.15, 0.2) is 0 Å². The second-order valence-electron chi connectivity index (χ2n) is 8.92. The van der Waals surface area contributed by atoms with Gasteiger partial charge in [0.2, 0.25) is 5.91 Å². The Balaban J connectivity index is 1.39. The summed E-state index contributed by atoms with van der Waals surface area (Å²) in [5.74, 6) is 0.407. The number of amides is 2. The second-order valence-corrected chi connectivity index (χ2v) is 9.35. The molecule has 0 unspecified atom stereocenters. The third kappa shape index (κ3) is 5.16. The summed E-state index contributed by atoms with van der Waals surface area (Å²) < 4.78 is 11.1. The van der Waals surface area contributed by atoms with Crippen LogP contribution in [0, 0.1) is 0 Å². The molecule has 0 bridgehead atoms. The van der Waals surface area contributed by atoms with Crippen molar-refractivity contribution in [1.82, 2.24) is 14.8 Å². The molecular weight excluding hydrogens is 480 g/mol. The van der Waals surface area contributed by atoms with Crippen LogP contribution < -0.4 is 10.1 Å². The van der Waals surface area contributed by atoms with Crippen LogP contribution in [0.5, 0.6) is 5.75 Å². The minimum atomic E-state index is -0.170. The van der Waals surface area contributed by atoms with Crippen LogP contribution in [-0.2, 0) is 22.5 Å². The van der Waals surface area contributed by atoms with Gasteiger partial charge in [0, 0.05) is 54.3 Å². The van der Waals surface area contributed by atoms with Crippen molar-refractivity contribution in [3.05, 3.63) is 64.3 Å². The van der Waals surface area contributed by atoms with E-state index in [9.17, 15) is 9.59 Å². The van der Waals surface area contributed by atoms with E-state index in [0.717, 1.165) is 22.2 Å². The van der Waals surface area contributed by atoms with Gasteiger partial charge in [-0.3, -0.25) is 19.5 Å². The molecule has 0 radical (unpaired) electrons. The number of ether oxygens (including phenoxy) is 2. The van der Waals surface area contributed by atoms with Gasteiger partial charge in [-0.1, -0.05) is 29.8 Å². The summed E-state index contributed by atoms with van der Waals surface area (Å²) in [5.41, 5.74) is 3.89. The molecule has 8 nitrogen and oxygen atoms in total. The minimum absolute atomic E-state index is 0.000245. The number of nitrogens with one attached hydrogen (secondary N) is 1. The van der Waals surface area contributed by atoms with Crippen molar-refractivity contribution in [2.24, 2.45) is 0 Å². The Kier molecular flexibility index (Phi) is 7.36. The fourth-order valence-electron chi connectivity index (χ4n) is 4.82. The lowest BCUT2D eigenvalue weighted by Crippen LogP contribution is -2.42. The van der Waals surface area contributed by atoms with Crippen molar-refractivity contribution in [3.8, 4) is 5.75 Å². The number of fused-ring (bicyclic) bond motifs is 2. The number of nitrogens with zero attached hydrogens (tertiary/aromatic N) is 3. The van der Waals surface area contributed by atoms with Crippen LogP contribution in [0.2, 0.25) is 5.02 Å². The van der Waals surface area contributed by atoms with Crippen molar-refractivity contribution in [2.75, 3.05) is 51.3 Å². The highest BCUT2D eigenvalue weighted by molar-refractivity contribution is 6.31. The van der Waals surface area contributed by atoms with E-state index in [1.807, 2.05) is 36.1 Å². The van der Waals surface area contributed by atoms with Gasteiger partial charge in [-0.2, -0.15) is 0 Å². The van der Waals surface area contributed by atoms with Crippen LogP contribution in [0.1, 0.15) is 28.5 Å². The molecule has 0 spiro atoms. The zero-order valence-corrected chi connectivity index (χ0v) is 21.0. The van der Waals surface area contributed by atoms with Crippen LogP contribution in [-0.4, -0.2) is 72.6 Å². The Hall–Kier alpha value is -3.20. The summed E-state index contributed by atoms with van der Waals surface area (Å²) in [6.45, 7) is 5.90. The van der Waals surface area contributed by atoms with Crippen molar-refractivity contribution < 1.29 is 19.1 Å². The Labute approximate surface area is 215 Å². The highest BCUT2D eigenvalue weighted by Crippen LogP contribution is 2.31. The molecule has 2 amide bonds. The standard InChI is InChI=1S/C27H29ClN4O4/c1-2-36-24-8-7-18(28)15-23(24)30-25(33)17-31-10-9-22-20(16-31)26(19-5-3-4-6-21(19)29-22)27(34)32-11-13-35-14-12-32/h3-8,15H,2,9-14,16-17H2,1H3,(H,30,33). The average molecular weight is 509 g/mol. The van der Waals surface area contributed by atoms with Crippen LogP contribution in [0.15, 0.2) is 42.5 Å². The summed E-state index contributed by atoms with van der Waals surface area (Å²) in [5, 5.41) is 4.30. The number of carbonyl (C=O) groups excluding carboxylic acids is 2. The molecule has 1 aromatic heterocycles. The number of para-hydroxylation sites is 1. The van der Waals surface area contributed by atoms with Crippen LogP contribution in [0.25, 0.3) is 10.9 Å². The minimum Gasteiger partial charge on any atom is -0.492 e. The van der Waals surface area contributed by atoms with Crippen LogP contribution in [0.3, 0.4) is 0 Å². The summed E-state index contributed by atoms with van der Waals surface area (Å²) in [6.07, 6.45) is 0.665. The van der Waals surface area contributed by atoms with Gasteiger partial charge in [-0.15, -0.1) is 0 Å².